The third-order valence-electron chi connectivity index (χ3n) is 1.26. The minimum Gasteiger partial charge on any atom is -0.346 e. The molecule has 0 radical (unpaired) electrons. The van der Waals surface area contributed by atoms with Gasteiger partial charge in [-0.2, -0.15) is 0 Å². The summed E-state index contributed by atoms with van der Waals surface area (Å²) in [5.41, 5.74) is 0.0422. The maximum absolute atomic E-state index is 11.4. The Morgan fingerprint density at radius 1 is 1.54 bits per heavy atom. The van der Waals surface area contributed by atoms with Crippen molar-refractivity contribution in [1.82, 2.24) is 9.69 Å². The monoisotopic (exact) mass is 200 g/mol. The van der Waals surface area contributed by atoms with Crippen LogP contribution >= 0.6 is 11.5 Å². The van der Waals surface area contributed by atoms with Crippen LogP contribution in [0.5, 0.6) is 0 Å². The highest BCUT2D eigenvalue weighted by Crippen LogP contribution is 2.01. The van der Waals surface area contributed by atoms with Gasteiger partial charge in [0.15, 0.2) is 0 Å². The molecule has 13 heavy (non-hydrogen) atoms. The van der Waals surface area contributed by atoms with Crippen LogP contribution in [-0.4, -0.2) is 15.8 Å². The van der Waals surface area contributed by atoms with E-state index in [0.29, 0.717) is 5.69 Å². The number of carbonyl (C=O) groups excluding carboxylic acids is 1. The van der Waals surface area contributed by atoms with Crippen molar-refractivity contribution in [1.29, 1.82) is 0 Å². The largest absolute Gasteiger partial charge is 0.346 e. The molecule has 2 N–H and O–H groups in total. The van der Waals surface area contributed by atoms with Gasteiger partial charge in [-0.25, -0.2) is 0 Å². The molecule has 0 spiro atoms. The van der Waals surface area contributed by atoms with Gasteiger partial charge in [0.2, 0.25) is 4.74 Å². The Balaban J connectivity index is 2.75. The van der Waals surface area contributed by atoms with Crippen LogP contribution in [0.2, 0.25) is 0 Å². The molecule has 0 atom stereocenters. The van der Waals surface area contributed by atoms with Gasteiger partial charge in [-0.3, -0.25) is 9.59 Å². The molecule has 5 heteroatoms. The van der Waals surface area contributed by atoms with E-state index in [-0.39, 0.29) is 16.2 Å². The second-order valence-corrected chi connectivity index (χ2v) is 4.60. The molecule has 0 aliphatic carbocycles. The summed E-state index contributed by atoms with van der Waals surface area (Å²) in [5, 5.41) is 2.75. The van der Waals surface area contributed by atoms with Crippen LogP contribution in [0.15, 0.2) is 10.9 Å². The summed E-state index contributed by atoms with van der Waals surface area (Å²) in [6.45, 7) is 5.65. The second kappa shape index (κ2) is 3.33. The summed E-state index contributed by atoms with van der Waals surface area (Å²) in [5.74, 6) is -0.245. The smallest absolute Gasteiger partial charge is 0.269 e. The van der Waals surface area contributed by atoms with Gasteiger partial charge in [0, 0.05) is 11.6 Å². The van der Waals surface area contributed by atoms with E-state index in [1.54, 1.807) is 0 Å². The molecule has 0 saturated carbocycles. The third-order valence-corrected chi connectivity index (χ3v) is 1.90. The molecule has 0 aromatic carbocycles. The van der Waals surface area contributed by atoms with Gasteiger partial charge in [0.05, 0.1) is 0 Å². The summed E-state index contributed by atoms with van der Waals surface area (Å²) in [4.78, 5) is 22.2. The topological polar surface area (TPSA) is 62.0 Å². The minimum absolute atomic E-state index is 0.140. The van der Waals surface area contributed by atoms with Gasteiger partial charge in [0.25, 0.3) is 5.91 Å². The zero-order valence-corrected chi connectivity index (χ0v) is 8.62. The van der Waals surface area contributed by atoms with E-state index in [2.05, 4.69) is 9.69 Å². The fraction of sp³-hybridized carbons (Fsp3) is 0.500. The number of rotatable bonds is 1. The number of hydrogen-bond donors (Lipinski definition) is 2. The van der Waals surface area contributed by atoms with Crippen molar-refractivity contribution in [2.45, 2.75) is 26.3 Å². The van der Waals surface area contributed by atoms with Crippen molar-refractivity contribution in [3.05, 3.63) is 21.3 Å². The molecule has 1 aromatic rings. The lowest BCUT2D eigenvalue weighted by molar-refractivity contribution is 0.0915. The molecular formula is C8H12N2O2S. The zero-order chi connectivity index (χ0) is 10.1. The van der Waals surface area contributed by atoms with Crippen LogP contribution in [0.1, 0.15) is 31.3 Å². The molecule has 0 saturated heterocycles. The molecule has 0 bridgehead atoms. The molecule has 1 amide bonds. The Kier molecular flexibility index (Phi) is 2.56. The summed E-state index contributed by atoms with van der Waals surface area (Å²) >= 11 is 0.917. The summed E-state index contributed by atoms with van der Waals surface area (Å²) < 4.78 is 2.51. The minimum atomic E-state index is -0.282. The maximum Gasteiger partial charge on any atom is 0.269 e. The van der Waals surface area contributed by atoms with Crippen molar-refractivity contribution in [3.63, 3.8) is 0 Å². The van der Waals surface area contributed by atoms with Gasteiger partial charge >= 0.3 is 0 Å². The molecular weight excluding hydrogens is 188 g/mol. The fourth-order valence-electron chi connectivity index (χ4n) is 0.802. The van der Waals surface area contributed by atoms with Crippen LogP contribution in [-0.2, 0) is 0 Å². The highest BCUT2D eigenvalue weighted by atomic mass is 32.1. The summed E-state index contributed by atoms with van der Waals surface area (Å²) in [6, 6.07) is 1.30. The number of H-pyrrole nitrogens is 1. The molecule has 0 aliphatic heterocycles. The lowest BCUT2D eigenvalue weighted by Gasteiger charge is -2.19. The van der Waals surface area contributed by atoms with Crippen molar-refractivity contribution in [2.75, 3.05) is 0 Å². The van der Waals surface area contributed by atoms with E-state index < -0.39 is 0 Å². The number of carbonyl (C=O) groups is 1. The number of amides is 1. The third kappa shape index (κ3) is 3.02. The molecule has 4 nitrogen and oxygen atoms in total. The molecule has 0 unspecified atom stereocenters. The molecule has 72 valence electrons. The first kappa shape index (κ1) is 9.98. The number of aromatic amines is 1. The van der Waals surface area contributed by atoms with Crippen molar-refractivity contribution in [3.8, 4) is 0 Å². The second-order valence-electron chi connectivity index (χ2n) is 3.79. The first-order chi connectivity index (χ1) is 5.88. The summed E-state index contributed by atoms with van der Waals surface area (Å²) in [7, 11) is 0. The average molecular weight is 200 g/mol. The number of aromatic nitrogens is 1. The predicted molar refractivity (Wildman–Crippen MR) is 52.2 cm³/mol. The highest BCUT2D eigenvalue weighted by Gasteiger charge is 2.16. The zero-order valence-electron chi connectivity index (χ0n) is 7.80. The van der Waals surface area contributed by atoms with Crippen LogP contribution in [0.25, 0.3) is 0 Å². The van der Waals surface area contributed by atoms with Crippen LogP contribution in [0, 0.1) is 0 Å². The first-order valence-corrected chi connectivity index (χ1v) is 4.71. The van der Waals surface area contributed by atoms with Crippen LogP contribution in [0.3, 0.4) is 0 Å². The van der Waals surface area contributed by atoms with Gasteiger partial charge < -0.3 is 9.69 Å². The van der Waals surface area contributed by atoms with Crippen LogP contribution in [0.4, 0.5) is 0 Å². The molecule has 1 aromatic heterocycles. The van der Waals surface area contributed by atoms with Crippen molar-refractivity contribution < 1.29 is 4.79 Å². The normalized spacial score (nSPS) is 11.3. The van der Waals surface area contributed by atoms with Crippen molar-refractivity contribution >= 4 is 17.4 Å². The van der Waals surface area contributed by atoms with E-state index in [4.69, 9.17) is 0 Å². The van der Waals surface area contributed by atoms with Gasteiger partial charge in [-0.1, -0.05) is 0 Å². The van der Waals surface area contributed by atoms with E-state index in [1.165, 1.54) is 6.07 Å². The van der Waals surface area contributed by atoms with E-state index in [0.717, 1.165) is 11.5 Å². The highest BCUT2D eigenvalue weighted by molar-refractivity contribution is 7.03. The molecule has 1 heterocycles. The Bertz CT molecular complexity index is 359. The predicted octanol–water partition coefficient (Wildman–Crippen LogP) is 0.965. The maximum atomic E-state index is 11.4. The lowest BCUT2D eigenvalue weighted by Crippen LogP contribution is -2.40. The Hall–Kier alpha value is -1.10. The average Bonchev–Trinajstić information content (AvgIpc) is 2.31. The van der Waals surface area contributed by atoms with Crippen molar-refractivity contribution in [2.24, 2.45) is 0 Å². The first-order valence-electron chi connectivity index (χ1n) is 3.89. The van der Waals surface area contributed by atoms with E-state index in [9.17, 15) is 9.59 Å². The molecule has 0 fully saturated rings. The summed E-state index contributed by atoms with van der Waals surface area (Å²) in [6.07, 6.45) is 0. The van der Waals surface area contributed by atoms with Crippen LogP contribution < -0.4 is 10.1 Å². The Labute approximate surface area is 80.1 Å². The van der Waals surface area contributed by atoms with Gasteiger partial charge in [-0.05, 0) is 32.3 Å². The van der Waals surface area contributed by atoms with E-state index >= 15 is 0 Å². The molecule has 0 aliphatic rings. The van der Waals surface area contributed by atoms with Gasteiger partial charge in [0.1, 0.15) is 5.69 Å². The number of nitrogens with one attached hydrogen (secondary N) is 2. The fourth-order valence-corrected chi connectivity index (χ4v) is 1.34. The van der Waals surface area contributed by atoms with E-state index in [1.807, 2.05) is 20.8 Å². The van der Waals surface area contributed by atoms with Gasteiger partial charge in [-0.15, -0.1) is 0 Å². The SMILES string of the molecule is CC(C)(C)NC(=O)c1cc(=O)s[nH]1. The lowest BCUT2D eigenvalue weighted by atomic mass is 10.1. The molecule has 1 rings (SSSR count). The number of hydrogen-bond acceptors (Lipinski definition) is 3. The Morgan fingerprint density at radius 2 is 2.15 bits per heavy atom. The Morgan fingerprint density at radius 3 is 2.54 bits per heavy atom. The standard InChI is InChI=1S/C8H12N2O2S/c1-8(2,3)9-7(12)5-4-6(11)13-10-5/h4,10H,1-3H3,(H,9,12). The quantitative estimate of drug-likeness (QED) is 0.709.